The average molecular weight is 196 g/mol. The van der Waals surface area contributed by atoms with Gasteiger partial charge in [-0.2, -0.15) is 0 Å². The number of rotatable bonds is 7. The summed E-state index contributed by atoms with van der Waals surface area (Å²) in [7, 11) is 0. The fourth-order valence-electron chi connectivity index (χ4n) is 1.57. The first kappa shape index (κ1) is 11.2. The quantitative estimate of drug-likeness (QED) is 0.678. The molecule has 80 valence electrons. The van der Waals surface area contributed by atoms with Gasteiger partial charge in [0.1, 0.15) is 0 Å². The summed E-state index contributed by atoms with van der Waals surface area (Å²) in [5.74, 6) is 0.498. The van der Waals surface area contributed by atoms with Crippen LogP contribution in [0, 0.1) is 5.92 Å². The van der Waals surface area contributed by atoms with Gasteiger partial charge in [-0.3, -0.25) is 0 Å². The first-order chi connectivity index (χ1) is 6.86. The van der Waals surface area contributed by atoms with Crippen LogP contribution in [0.25, 0.3) is 0 Å². The van der Waals surface area contributed by atoms with E-state index in [1.54, 1.807) is 0 Å². The van der Waals surface area contributed by atoms with Crippen molar-refractivity contribution >= 4 is 0 Å². The van der Waals surface area contributed by atoms with E-state index in [4.69, 9.17) is 5.11 Å². The van der Waals surface area contributed by atoms with E-state index in [1.807, 2.05) is 18.7 Å². The lowest BCUT2D eigenvalue weighted by Crippen LogP contribution is -2.05. The van der Waals surface area contributed by atoms with E-state index in [9.17, 15) is 0 Å². The number of aryl methyl sites for hydroxylation is 1. The molecule has 14 heavy (non-hydrogen) atoms. The van der Waals surface area contributed by atoms with Crippen LogP contribution in [0.15, 0.2) is 18.7 Å². The lowest BCUT2D eigenvalue weighted by atomic mass is 10.0. The molecule has 0 amide bonds. The molecule has 1 heterocycles. The molecule has 0 fully saturated rings. The SMILES string of the molecule is CCC(CO)CCCCn1ccnc1. The minimum Gasteiger partial charge on any atom is -0.396 e. The van der Waals surface area contributed by atoms with E-state index in [0.717, 1.165) is 19.4 Å². The van der Waals surface area contributed by atoms with Gasteiger partial charge in [0, 0.05) is 25.5 Å². The molecular weight excluding hydrogens is 176 g/mol. The average Bonchev–Trinajstić information content (AvgIpc) is 2.71. The molecule has 1 aromatic heterocycles. The second-order valence-corrected chi connectivity index (χ2v) is 3.75. The first-order valence-corrected chi connectivity index (χ1v) is 5.43. The molecule has 1 rings (SSSR count). The van der Waals surface area contributed by atoms with E-state index in [2.05, 4.69) is 16.5 Å². The van der Waals surface area contributed by atoms with Gasteiger partial charge in [-0.15, -0.1) is 0 Å². The molecule has 1 unspecified atom stereocenters. The van der Waals surface area contributed by atoms with Crippen LogP contribution >= 0.6 is 0 Å². The molecule has 0 aromatic carbocycles. The van der Waals surface area contributed by atoms with Crippen LogP contribution in [0.5, 0.6) is 0 Å². The first-order valence-electron chi connectivity index (χ1n) is 5.43. The molecule has 0 aliphatic carbocycles. The number of aliphatic hydroxyl groups excluding tert-OH is 1. The maximum absolute atomic E-state index is 8.99. The summed E-state index contributed by atoms with van der Waals surface area (Å²) in [6.07, 6.45) is 10.2. The largest absolute Gasteiger partial charge is 0.396 e. The summed E-state index contributed by atoms with van der Waals surface area (Å²) in [6, 6.07) is 0. The predicted molar refractivity (Wildman–Crippen MR) is 56.9 cm³/mol. The van der Waals surface area contributed by atoms with Crippen molar-refractivity contribution in [3.8, 4) is 0 Å². The van der Waals surface area contributed by atoms with Crippen LogP contribution in [0.2, 0.25) is 0 Å². The maximum atomic E-state index is 8.99. The number of hydrogen-bond acceptors (Lipinski definition) is 2. The standard InChI is InChI=1S/C11H20N2O/c1-2-11(9-14)5-3-4-7-13-8-6-12-10-13/h6,8,10-11,14H,2-5,7,9H2,1H3. The Kier molecular flexibility index (Phi) is 5.30. The fraction of sp³-hybridized carbons (Fsp3) is 0.727. The molecule has 0 saturated carbocycles. The highest BCUT2D eigenvalue weighted by atomic mass is 16.3. The summed E-state index contributed by atoms with van der Waals surface area (Å²) in [5.41, 5.74) is 0. The van der Waals surface area contributed by atoms with Crippen LogP contribution in [0.1, 0.15) is 32.6 Å². The van der Waals surface area contributed by atoms with E-state index in [-0.39, 0.29) is 0 Å². The van der Waals surface area contributed by atoms with Gasteiger partial charge in [0.15, 0.2) is 0 Å². The van der Waals surface area contributed by atoms with Crippen molar-refractivity contribution in [3.63, 3.8) is 0 Å². The van der Waals surface area contributed by atoms with Crippen molar-refractivity contribution < 1.29 is 5.11 Å². The maximum Gasteiger partial charge on any atom is 0.0945 e. The van der Waals surface area contributed by atoms with Crippen LogP contribution in [0.4, 0.5) is 0 Å². The van der Waals surface area contributed by atoms with Crippen LogP contribution < -0.4 is 0 Å². The van der Waals surface area contributed by atoms with Gasteiger partial charge in [0.05, 0.1) is 6.33 Å². The number of hydrogen-bond donors (Lipinski definition) is 1. The van der Waals surface area contributed by atoms with Crippen molar-refractivity contribution in [3.05, 3.63) is 18.7 Å². The highest BCUT2D eigenvalue weighted by molar-refractivity contribution is 4.73. The smallest absolute Gasteiger partial charge is 0.0945 e. The van der Waals surface area contributed by atoms with E-state index in [0.29, 0.717) is 12.5 Å². The Morgan fingerprint density at radius 2 is 2.29 bits per heavy atom. The third-order valence-electron chi connectivity index (χ3n) is 2.67. The summed E-state index contributed by atoms with van der Waals surface area (Å²) >= 11 is 0. The van der Waals surface area contributed by atoms with Crippen molar-refractivity contribution in [2.45, 2.75) is 39.2 Å². The van der Waals surface area contributed by atoms with E-state index >= 15 is 0 Å². The third-order valence-corrected chi connectivity index (χ3v) is 2.67. The molecule has 1 aromatic rings. The predicted octanol–water partition coefficient (Wildman–Crippen LogP) is 2.07. The molecule has 0 aliphatic rings. The van der Waals surface area contributed by atoms with Crippen molar-refractivity contribution in [2.75, 3.05) is 6.61 Å². The Labute approximate surface area is 85.8 Å². The Bertz CT molecular complexity index is 217. The lowest BCUT2D eigenvalue weighted by molar-refractivity contribution is 0.211. The zero-order valence-electron chi connectivity index (χ0n) is 8.89. The lowest BCUT2D eigenvalue weighted by Gasteiger charge is -2.10. The van der Waals surface area contributed by atoms with Crippen LogP contribution in [-0.2, 0) is 6.54 Å². The topological polar surface area (TPSA) is 38.0 Å². The van der Waals surface area contributed by atoms with Crippen molar-refractivity contribution in [2.24, 2.45) is 5.92 Å². The van der Waals surface area contributed by atoms with Gasteiger partial charge in [-0.25, -0.2) is 4.98 Å². The Balaban J connectivity index is 2.04. The number of aliphatic hydroxyl groups is 1. The summed E-state index contributed by atoms with van der Waals surface area (Å²) in [4.78, 5) is 3.99. The molecule has 0 radical (unpaired) electrons. The second kappa shape index (κ2) is 6.60. The molecular formula is C11H20N2O. The van der Waals surface area contributed by atoms with Gasteiger partial charge in [-0.05, 0) is 18.8 Å². The molecule has 0 spiro atoms. The molecule has 3 nitrogen and oxygen atoms in total. The summed E-state index contributed by atoms with van der Waals surface area (Å²) in [5, 5.41) is 8.99. The molecule has 0 aliphatic heterocycles. The number of nitrogens with zero attached hydrogens (tertiary/aromatic N) is 2. The monoisotopic (exact) mass is 196 g/mol. The Morgan fingerprint density at radius 3 is 2.86 bits per heavy atom. The number of unbranched alkanes of at least 4 members (excludes halogenated alkanes) is 1. The fourth-order valence-corrected chi connectivity index (χ4v) is 1.57. The highest BCUT2D eigenvalue weighted by Crippen LogP contribution is 2.11. The summed E-state index contributed by atoms with van der Waals surface area (Å²) < 4.78 is 2.10. The number of aromatic nitrogens is 2. The van der Waals surface area contributed by atoms with Crippen LogP contribution in [-0.4, -0.2) is 21.3 Å². The molecule has 1 atom stereocenters. The van der Waals surface area contributed by atoms with Crippen molar-refractivity contribution in [1.29, 1.82) is 0 Å². The normalized spacial score (nSPS) is 13.0. The van der Waals surface area contributed by atoms with E-state index in [1.165, 1.54) is 12.8 Å². The minimum absolute atomic E-state index is 0.335. The Hall–Kier alpha value is -0.830. The van der Waals surface area contributed by atoms with Crippen LogP contribution in [0.3, 0.4) is 0 Å². The molecule has 1 N–H and O–H groups in total. The highest BCUT2D eigenvalue weighted by Gasteiger charge is 2.03. The minimum atomic E-state index is 0.335. The van der Waals surface area contributed by atoms with Gasteiger partial charge in [0.25, 0.3) is 0 Å². The zero-order valence-corrected chi connectivity index (χ0v) is 8.89. The number of imidazole rings is 1. The Morgan fingerprint density at radius 1 is 1.43 bits per heavy atom. The van der Waals surface area contributed by atoms with E-state index < -0.39 is 0 Å². The molecule has 0 saturated heterocycles. The van der Waals surface area contributed by atoms with Gasteiger partial charge in [-0.1, -0.05) is 19.8 Å². The second-order valence-electron chi connectivity index (χ2n) is 3.75. The molecule has 0 bridgehead atoms. The zero-order chi connectivity index (χ0) is 10.2. The molecule has 3 heteroatoms. The van der Waals surface area contributed by atoms with Gasteiger partial charge < -0.3 is 9.67 Å². The van der Waals surface area contributed by atoms with Gasteiger partial charge >= 0.3 is 0 Å². The third kappa shape index (κ3) is 3.92. The van der Waals surface area contributed by atoms with Crippen molar-refractivity contribution in [1.82, 2.24) is 9.55 Å². The van der Waals surface area contributed by atoms with Gasteiger partial charge in [0.2, 0.25) is 0 Å². The summed E-state index contributed by atoms with van der Waals surface area (Å²) in [6.45, 7) is 3.51.